The Kier molecular flexibility index (Phi) is 5.11. The van der Waals surface area contributed by atoms with Crippen molar-refractivity contribution in [3.63, 3.8) is 0 Å². The quantitative estimate of drug-likeness (QED) is 0.661. The average Bonchev–Trinajstić information content (AvgIpc) is 3.05. The van der Waals surface area contributed by atoms with E-state index in [1.807, 2.05) is 25.1 Å². The van der Waals surface area contributed by atoms with Crippen LogP contribution in [0.4, 0.5) is 15.3 Å². The van der Waals surface area contributed by atoms with Crippen LogP contribution < -0.4 is 5.32 Å². The van der Waals surface area contributed by atoms with Crippen LogP contribution in [0.3, 0.4) is 0 Å². The molecule has 5 rings (SSSR count). The highest BCUT2D eigenvalue weighted by Gasteiger charge is 2.36. The molecule has 9 heteroatoms. The summed E-state index contributed by atoms with van der Waals surface area (Å²) in [5.74, 6) is 0.269. The number of piperidine rings is 1. The standard InChI is InChI=1S/C20H21ClFN5OS/c1-11-4-19(29-26-11)25-20-23-7-12-5-16(21)15(6-18(12)24-20)14-2-3-27(8-17(14)22)13-9-28-10-13/h4-7,13-14,17H,2-3,8-10H2,1H3,(H,23,24,25)/t14-,17+/m0/s1. The molecule has 2 aromatic heterocycles. The average molecular weight is 434 g/mol. The van der Waals surface area contributed by atoms with Crippen LogP contribution in [0.5, 0.6) is 0 Å². The van der Waals surface area contributed by atoms with Gasteiger partial charge in [0.2, 0.25) is 5.95 Å². The van der Waals surface area contributed by atoms with Crippen molar-refractivity contribution in [2.75, 3.05) is 31.6 Å². The third kappa shape index (κ3) is 3.82. The molecule has 152 valence electrons. The number of hydrogen-bond acceptors (Lipinski definition) is 7. The molecule has 2 aliphatic rings. The molecule has 1 N–H and O–H groups in total. The first-order valence-electron chi connectivity index (χ1n) is 9.69. The van der Waals surface area contributed by atoms with Crippen LogP contribution in [0.1, 0.15) is 23.6 Å². The molecule has 29 heavy (non-hydrogen) atoms. The number of benzene rings is 1. The molecule has 0 unspecified atom stereocenters. The number of likely N-dealkylation sites (tertiary alicyclic amines) is 1. The monoisotopic (exact) mass is 433 g/mol. The van der Waals surface area contributed by atoms with Crippen LogP contribution in [0.25, 0.3) is 10.9 Å². The van der Waals surface area contributed by atoms with Crippen molar-refractivity contribution >= 4 is 45.0 Å². The fourth-order valence-corrected chi connectivity index (χ4v) is 4.96. The minimum absolute atomic E-state index is 0.223. The predicted octanol–water partition coefficient (Wildman–Crippen LogP) is 4.32. The summed E-state index contributed by atoms with van der Waals surface area (Å²) in [6.07, 6.45) is 1.51. The normalized spacial score (nSPS) is 23.3. The van der Waals surface area contributed by atoms with Crippen molar-refractivity contribution in [1.82, 2.24) is 19.2 Å². The lowest BCUT2D eigenvalue weighted by molar-refractivity contribution is -0.0806. The smallest absolute Gasteiger partial charge is 0.228 e. The number of fused-ring (bicyclic) bond motifs is 1. The number of anilines is 2. The fourth-order valence-electron chi connectivity index (χ4n) is 3.99. The lowest BCUT2D eigenvalue weighted by Crippen LogP contribution is -2.54. The number of ether oxygens (including phenoxy) is 1. The zero-order valence-corrected chi connectivity index (χ0v) is 17.5. The third-order valence-electron chi connectivity index (χ3n) is 5.67. The zero-order valence-electron chi connectivity index (χ0n) is 15.9. The number of alkyl halides is 1. The van der Waals surface area contributed by atoms with Gasteiger partial charge in [0.1, 0.15) is 11.2 Å². The first kappa shape index (κ1) is 19.1. The van der Waals surface area contributed by atoms with E-state index in [9.17, 15) is 0 Å². The molecule has 0 saturated carbocycles. The van der Waals surface area contributed by atoms with E-state index in [1.165, 1.54) is 11.5 Å². The summed E-state index contributed by atoms with van der Waals surface area (Å²) < 4.78 is 24.6. The van der Waals surface area contributed by atoms with Crippen LogP contribution >= 0.6 is 23.1 Å². The number of nitrogens with one attached hydrogen (secondary N) is 1. The number of halogens is 2. The van der Waals surface area contributed by atoms with Gasteiger partial charge in [-0.3, -0.25) is 4.90 Å². The summed E-state index contributed by atoms with van der Waals surface area (Å²) in [5, 5.41) is 5.47. The predicted molar refractivity (Wildman–Crippen MR) is 113 cm³/mol. The highest BCUT2D eigenvalue weighted by atomic mass is 35.5. The molecule has 0 radical (unpaired) electrons. The molecule has 2 atom stereocenters. The highest BCUT2D eigenvalue weighted by Crippen LogP contribution is 2.37. The van der Waals surface area contributed by atoms with Gasteiger partial charge in [-0.05, 0) is 55.2 Å². The second kappa shape index (κ2) is 7.75. The zero-order chi connectivity index (χ0) is 20.0. The Morgan fingerprint density at radius 2 is 2.17 bits per heavy atom. The van der Waals surface area contributed by atoms with Gasteiger partial charge in [0.05, 0.1) is 30.5 Å². The number of nitrogens with zero attached hydrogens (tertiary/aromatic N) is 4. The Morgan fingerprint density at radius 3 is 2.86 bits per heavy atom. The topological polar surface area (TPSA) is 63.2 Å². The van der Waals surface area contributed by atoms with E-state index in [4.69, 9.17) is 16.3 Å². The molecular formula is C20H21ClFN5OS. The summed E-state index contributed by atoms with van der Waals surface area (Å²) in [4.78, 5) is 11.2. The van der Waals surface area contributed by atoms with Crippen molar-refractivity contribution in [3.8, 4) is 0 Å². The van der Waals surface area contributed by atoms with Crippen LogP contribution in [0, 0.1) is 6.92 Å². The minimum Gasteiger partial charge on any atom is -0.378 e. The number of aryl methyl sites for hydroxylation is 1. The van der Waals surface area contributed by atoms with Gasteiger partial charge in [-0.25, -0.2) is 14.4 Å². The van der Waals surface area contributed by atoms with Crippen LogP contribution in [-0.2, 0) is 4.74 Å². The Balaban J connectivity index is 1.40. The van der Waals surface area contributed by atoms with Gasteiger partial charge in [0.25, 0.3) is 0 Å². The minimum atomic E-state index is -0.959. The fraction of sp³-hybridized carbons (Fsp3) is 0.450. The molecule has 2 saturated heterocycles. The van der Waals surface area contributed by atoms with E-state index < -0.39 is 6.17 Å². The van der Waals surface area contributed by atoms with Gasteiger partial charge >= 0.3 is 0 Å². The van der Waals surface area contributed by atoms with Crippen molar-refractivity contribution in [3.05, 3.63) is 40.7 Å². The SMILES string of the molecule is Cc1cc(Nc2ncc3cc(Cl)c([C@@H]4CCN(C5COC5)C[C@H]4F)cc3n2)sn1. The molecule has 4 heterocycles. The van der Waals surface area contributed by atoms with E-state index in [0.717, 1.165) is 40.1 Å². The van der Waals surface area contributed by atoms with Crippen molar-refractivity contribution in [2.24, 2.45) is 0 Å². The van der Waals surface area contributed by atoms with Crippen LogP contribution in [0.2, 0.25) is 5.02 Å². The van der Waals surface area contributed by atoms with E-state index >= 15 is 4.39 Å². The van der Waals surface area contributed by atoms with Crippen molar-refractivity contribution in [2.45, 2.75) is 31.5 Å². The van der Waals surface area contributed by atoms with Crippen molar-refractivity contribution in [1.29, 1.82) is 0 Å². The second-order valence-electron chi connectivity index (χ2n) is 7.68. The summed E-state index contributed by atoms with van der Waals surface area (Å²) >= 11 is 7.90. The van der Waals surface area contributed by atoms with Gasteiger partial charge in [0, 0.05) is 29.1 Å². The molecule has 2 fully saturated rings. The maximum absolute atomic E-state index is 15.1. The summed E-state index contributed by atoms with van der Waals surface area (Å²) in [7, 11) is 0. The summed E-state index contributed by atoms with van der Waals surface area (Å²) in [6.45, 7) is 4.64. The lowest BCUT2D eigenvalue weighted by Gasteiger charge is -2.43. The van der Waals surface area contributed by atoms with Gasteiger partial charge in [0.15, 0.2) is 0 Å². The molecule has 0 aliphatic carbocycles. The van der Waals surface area contributed by atoms with Crippen LogP contribution in [0.15, 0.2) is 24.4 Å². The van der Waals surface area contributed by atoms with Gasteiger partial charge in [-0.1, -0.05) is 11.6 Å². The van der Waals surface area contributed by atoms with Crippen LogP contribution in [-0.4, -0.2) is 57.8 Å². The third-order valence-corrected chi connectivity index (χ3v) is 6.79. The lowest BCUT2D eigenvalue weighted by atomic mass is 9.86. The summed E-state index contributed by atoms with van der Waals surface area (Å²) in [5.41, 5.74) is 2.53. The van der Waals surface area contributed by atoms with E-state index in [2.05, 4.69) is 24.6 Å². The van der Waals surface area contributed by atoms with E-state index in [1.54, 1.807) is 6.20 Å². The molecule has 6 nitrogen and oxygen atoms in total. The Morgan fingerprint density at radius 1 is 1.31 bits per heavy atom. The maximum Gasteiger partial charge on any atom is 0.228 e. The Hall–Kier alpha value is -1.87. The van der Waals surface area contributed by atoms with E-state index in [0.29, 0.717) is 36.8 Å². The number of aromatic nitrogens is 3. The molecule has 1 aromatic carbocycles. The number of rotatable bonds is 4. The van der Waals surface area contributed by atoms with Gasteiger partial charge in [-0.15, -0.1) is 0 Å². The molecule has 0 amide bonds. The highest BCUT2D eigenvalue weighted by molar-refractivity contribution is 7.10. The first-order valence-corrected chi connectivity index (χ1v) is 10.8. The molecule has 3 aromatic rings. The van der Waals surface area contributed by atoms with E-state index in [-0.39, 0.29) is 5.92 Å². The largest absolute Gasteiger partial charge is 0.378 e. The molecule has 0 bridgehead atoms. The first-order chi connectivity index (χ1) is 14.1. The number of hydrogen-bond donors (Lipinski definition) is 1. The molecule has 2 aliphatic heterocycles. The van der Waals surface area contributed by atoms with Gasteiger partial charge in [-0.2, -0.15) is 4.37 Å². The molecule has 0 spiro atoms. The Bertz CT molecular complexity index is 1040. The molecular weight excluding hydrogens is 413 g/mol. The summed E-state index contributed by atoms with van der Waals surface area (Å²) in [6, 6.07) is 6.06. The maximum atomic E-state index is 15.1. The van der Waals surface area contributed by atoms with Gasteiger partial charge < -0.3 is 10.1 Å². The second-order valence-corrected chi connectivity index (χ2v) is 8.89. The van der Waals surface area contributed by atoms with Crippen molar-refractivity contribution < 1.29 is 9.13 Å². The Labute approximate surface area is 177 Å².